The Morgan fingerprint density at radius 1 is 0.929 bits per heavy atom. The summed E-state index contributed by atoms with van der Waals surface area (Å²) in [4.78, 5) is 29.2. The molecule has 0 radical (unpaired) electrons. The maximum absolute atomic E-state index is 14.2. The second-order valence-electron chi connectivity index (χ2n) is 10.4. The quantitative estimate of drug-likeness (QED) is 0.242. The minimum atomic E-state index is -4.20. The van der Waals surface area contributed by atoms with Crippen LogP contribution in [0.15, 0.2) is 71.6 Å². The van der Waals surface area contributed by atoms with E-state index in [0.717, 1.165) is 35.6 Å². The van der Waals surface area contributed by atoms with E-state index >= 15 is 0 Å². The van der Waals surface area contributed by atoms with Crippen LogP contribution in [-0.4, -0.2) is 43.8 Å². The molecule has 1 N–H and O–H groups in total. The molecule has 3 aromatic carbocycles. The standard InChI is InChI=1S/C31H34Cl3N3O4S/c1-3-29(31(39)35-22-10-7-8-11-22)36(19-25-26(32)14-9-15-27(25)33)30(38)20-37(23-17-16-21(2)28(34)18-23)42(40,41)24-12-5-4-6-13-24/h4-6,9,12-18,22,29H,3,7-8,10-11,19-20H2,1-2H3,(H,35,39). The molecule has 1 atom stereocenters. The molecule has 1 unspecified atom stereocenters. The van der Waals surface area contributed by atoms with Crippen molar-refractivity contribution in [1.29, 1.82) is 0 Å². The van der Waals surface area contributed by atoms with Crippen LogP contribution in [0.2, 0.25) is 15.1 Å². The lowest BCUT2D eigenvalue weighted by atomic mass is 10.1. The molecule has 0 heterocycles. The van der Waals surface area contributed by atoms with Crippen molar-refractivity contribution in [1.82, 2.24) is 10.2 Å². The van der Waals surface area contributed by atoms with Crippen LogP contribution in [0.25, 0.3) is 0 Å². The Balaban J connectivity index is 1.76. The van der Waals surface area contributed by atoms with Crippen LogP contribution in [0.4, 0.5) is 5.69 Å². The number of sulfonamides is 1. The van der Waals surface area contributed by atoms with Gasteiger partial charge in [-0.25, -0.2) is 8.42 Å². The van der Waals surface area contributed by atoms with E-state index in [1.807, 2.05) is 6.92 Å². The fraction of sp³-hybridized carbons (Fsp3) is 0.355. The van der Waals surface area contributed by atoms with Gasteiger partial charge in [0.05, 0.1) is 10.6 Å². The van der Waals surface area contributed by atoms with E-state index in [4.69, 9.17) is 34.8 Å². The zero-order valence-electron chi connectivity index (χ0n) is 23.5. The van der Waals surface area contributed by atoms with E-state index in [9.17, 15) is 18.0 Å². The number of amides is 2. The molecule has 1 saturated carbocycles. The molecule has 7 nitrogen and oxygen atoms in total. The summed E-state index contributed by atoms with van der Waals surface area (Å²) in [6, 6.07) is 16.9. The van der Waals surface area contributed by atoms with E-state index in [1.165, 1.54) is 23.1 Å². The predicted molar refractivity (Wildman–Crippen MR) is 169 cm³/mol. The van der Waals surface area contributed by atoms with Gasteiger partial charge in [0.25, 0.3) is 10.0 Å². The van der Waals surface area contributed by atoms with Crippen molar-refractivity contribution in [3.05, 3.63) is 92.9 Å². The fourth-order valence-electron chi connectivity index (χ4n) is 5.13. The zero-order chi connectivity index (χ0) is 30.4. The molecular formula is C31H34Cl3N3O4S. The number of hydrogen-bond acceptors (Lipinski definition) is 4. The smallest absolute Gasteiger partial charge is 0.264 e. The number of aryl methyl sites for hydroxylation is 1. The van der Waals surface area contributed by atoms with Crippen LogP contribution in [0.5, 0.6) is 0 Å². The van der Waals surface area contributed by atoms with Crippen molar-refractivity contribution >= 4 is 62.3 Å². The fourth-order valence-corrected chi connectivity index (χ4v) is 7.24. The highest BCUT2D eigenvalue weighted by Gasteiger charge is 2.35. The van der Waals surface area contributed by atoms with Crippen LogP contribution in [0.3, 0.4) is 0 Å². The third kappa shape index (κ3) is 7.40. The van der Waals surface area contributed by atoms with Crippen LogP contribution in [-0.2, 0) is 26.2 Å². The Labute approximate surface area is 262 Å². The van der Waals surface area contributed by atoms with Crippen molar-refractivity contribution in [3.8, 4) is 0 Å². The highest BCUT2D eigenvalue weighted by molar-refractivity contribution is 7.92. The predicted octanol–water partition coefficient (Wildman–Crippen LogP) is 7.02. The first-order valence-electron chi connectivity index (χ1n) is 13.9. The number of hydrogen-bond donors (Lipinski definition) is 1. The van der Waals surface area contributed by atoms with Crippen LogP contribution >= 0.6 is 34.8 Å². The third-order valence-corrected chi connectivity index (χ3v) is 10.4. The molecule has 0 aromatic heterocycles. The summed E-state index contributed by atoms with van der Waals surface area (Å²) >= 11 is 19.4. The molecule has 1 aliphatic rings. The molecule has 1 fully saturated rings. The summed E-state index contributed by atoms with van der Waals surface area (Å²) in [6.07, 6.45) is 4.12. The molecule has 11 heteroatoms. The van der Waals surface area contributed by atoms with Gasteiger partial charge in [0, 0.05) is 33.2 Å². The van der Waals surface area contributed by atoms with E-state index in [1.54, 1.807) is 55.5 Å². The Hall–Kier alpha value is -2.78. The van der Waals surface area contributed by atoms with E-state index < -0.39 is 28.5 Å². The first kappa shape index (κ1) is 32.1. The summed E-state index contributed by atoms with van der Waals surface area (Å²) in [5.74, 6) is -0.882. The molecule has 2 amide bonds. The van der Waals surface area contributed by atoms with Crippen molar-refractivity contribution < 1.29 is 18.0 Å². The van der Waals surface area contributed by atoms with Gasteiger partial charge >= 0.3 is 0 Å². The zero-order valence-corrected chi connectivity index (χ0v) is 26.6. The number of anilines is 1. The Morgan fingerprint density at radius 2 is 1.57 bits per heavy atom. The minimum absolute atomic E-state index is 0.0150. The summed E-state index contributed by atoms with van der Waals surface area (Å²) in [5, 5.41) is 4.12. The largest absolute Gasteiger partial charge is 0.352 e. The number of halogens is 3. The number of benzene rings is 3. The maximum Gasteiger partial charge on any atom is 0.264 e. The van der Waals surface area contributed by atoms with Crippen molar-refractivity contribution in [2.75, 3.05) is 10.8 Å². The molecule has 1 aliphatic carbocycles. The molecule has 4 rings (SSSR count). The molecule has 42 heavy (non-hydrogen) atoms. The van der Waals surface area contributed by atoms with Gasteiger partial charge in [-0.05, 0) is 68.1 Å². The average molecular weight is 651 g/mol. The molecule has 224 valence electrons. The Morgan fingerprint density at radius 3 is 2.17 bits per heavy atom. The van der Waals surface area contributed by atoms with Gasteiger partial charge in [0.1, 0.15) is 12.6 Å². The molecule has 0 aliphatic heterocycles. The van der Waals surface area contributed by atoms with Gasteiger partial charge < -0.3 is 10.2 Å². The topological polar surface area (TPSA) is 86.8 Å². The number of rotatable bonds is 11. The molecule has 0 spiro atoms. The molecule has 0 bridgehead atoms. The summed E-state index contributed by atoms with van der Waals surface area (Å²) < 4.78 is 28.9. The summed E-state index contributed by atoms with van der Waals surface area (Å²) in [6.45, 7) is 2.95. The van der Waals surface area contributed by atoms with Gasteiger partial charge in [0.2, 0.25) is 11.8 Å². The first-order chi connectivity index (χ1) is 20.0. The highest BCUT2D eigenvalue weighted by atomic mass is 35.5. The highest BCUT2D eigenvalue weighted by Crippen LogP contribution is 2.30. The third-order valence-electron chi connectivity index (χ3n) is 7.53. The Bertz CT molecular complexity index is 1510. The lowest BCUT2D eigenvalue weighted by molar-refractivity contribution is -0.140. The van der Waals surface area contributed by atoms with Gasteiger partial charge in [-0.3, -0.25) is 13.9 Å². The summed E-state index contributed by atoms with van der Waals surface area (Å²) in [7, 11) is -4.20. The van der Waals surface area contributed by atoms with Crippen molar-refractivity contribution in [2.45, 2.75) is 69.5 Å². The van der Waals surface area contributed by atoms with Gasteiger partial charge in [-0.2, -0.15) is 0 Å². The summed E-state index contributed by atoms with van der Waals surface area (Å²) in [5.41, 5.74) is 1.45. The van der Waals surface area contributed by atoms with E-state index in [2.05, 4.69) is 5.32 Å². The lowest BCUT2D eigenvalue weighted by Crippen LogP contribution is -2.53. The van der Waals surface area contributed by atoms with Crippen molar-refractivity contribution in [2.24, 2.45) is 0 Å². The van der Waals surface area contributed by atoms with Crippen LogP contribution in [0.1, 0.15) is 50.2 Å². The van der Waals surface area contributed by atoms with Gasteiger partial charge in [-0.1, -0.05) is 84.9 Å². The average Bonchev–Trinajstić information content (AvgIpc) is 3.48. The second kappa shape index (κ2) is 14.1. The van der Waals surface area contributed by atoms with Crippen LogP contribution < -0.4 is 9.62 Å². The van der Waals surface area contributed by atoms with E-state index in [0.29, 0.717) is 27.1 Å². The monoisotopic (exact) mass is 649 g/mol. The number of nitrogens with one attached hydrogen (secondary N) is 1. The minimum Gasteiger partial charge on any atom is -0.352 e. The van der Waals surface area contributed by atoms with Crippen LogP contribution in [0, 0.1) is 6.92 Å². The number of carbonyl (C=O) groups is 2. The maximum atomic E-state index is 14.2. The molecular weight excluding hydrogens is 617 g/mol. The number of carbonyl (C=O) groups excluding carboxylic acids is 2. The Kier molecular flexibility index (Phi) is 10.8. The van der Waals surface area contributed by atoms with Gasteiger partial charge in [-0.15, -0.1) is 0 Å². The number of nitrogens with zero attached hydrogens (tertiary/aromatic N) is 2. The van der Waals surface area contributed by atoms with E-state index in [-0.39, 0.29) is 29.1 Å². The first-order valence-corrected chi connectivity index (χ1v) is 16.5. The normalized spacial score (nSPS) is 14.4. The second-order valence-corrected chi connectivity index (χ2v) is 13.5. The van der Waals surface area contributed by atoms with Crippen molar-refractivity contribution in [3.63, 3.8) is 0 Å². The molecule has 3 aromatic rings. The lowest BCUT2D eigenvalue weighted by Gasteiger charge is -2.34. The SMILES string of the molecule is CCC(C(=O)NC1CCCC1)N(Cc1c(Cl)cccc1Cl)C(=O)CN(c1ccc(C)c(Cl)c1)S(=O)(=O)c1ccccc1. The molecule has 0 saturated heterocycles. The van der Waals surface area contributed by atoms with Gasteiger partial charge in [0.15, 0.2) is 0 Å².